The Morgan fingerprint density at radius 1 is 1.30 bits per heavy atom. The molecule has 2 aliphatic carbocycles. The number of carbonyl (C=O) groups excluding carboxylic acids is 1. The Balaban J connectivity index is 1.78. The van der Waals surface area contributed by atoms with Gasteiger partial charge in [-0.25, -0.2) is 4.79 Å². The largest absolute Gasteiger partial charge is 0.479 e. The third kappa shape index (κ3) is 6.60. The number of ketones is 1. The molecule has 0 radical (unpaired) electrons. The van der Waals surface area contributed by atoms with Crippen LogP contribution in [0, 0.1) is 17.3 Å². The fraction of sp³-hybridized carbons (Fsp3) is 0.739. The predicted octanol–water partition coefficient (Wildman–Crippen LogP) is 5.06. The molecule has 4 nitrogen and oxygen atoms in total. The van der Waals surface area contributed by atoms with Crippen LogP contribution in [0.15, 0.2) is 24.3 Å². The lowest BCUT2D eigenvalue weighted by molar-refractivity contribution is -0.146. The molecule has 2 N–H and O–H groups in total. The summed E-state index contributed by atoms with van der Waals surface area (Å²) >= 11 is 0. The first-order valence-corrected chi connectivity index (χ1v) is 10.7. The molecule has 0 heterocycles. The molecule has 27 heavy (non-hydrogen) atoms. The van der Waals surface area contributed by atoms with Gasteiger partial charge in [0.1, 0.15) is 5.78 Å². The molecule has 0 spiro atoms. The Morgan fingerprint density at radius 3 is 2.70 bits per heavy atom. The number of hydrogen-bond donors (Lipinski definition) is 2. The SMILES string of the molecule is CCCCC1(C/C=C/[C@H]2CCC(=O)[C@@H]2C/C=C\CCC(O)C(=O)O)CCC1. The molecule has 0 aliphatic heterocycles. The Morgan fingerprint density at radius 2 is 2.07 bits per heavy atom. The van der Waals surface area contributed by atoms with Gasteiger partial charge >= 0.3 is 5.97 Å². The summed E-state index contributed by atoms with van der Waals surface area (Å²) in [5.41, 5.74) is 0.537. The van der Waals surface area contributed by atoms with Crippen LogP contribution in [0.2, 0.25) is 0 Å². The Hall–Kier alpha value is -1.42. The number of unbranched alkanes of at least 4 members (excludes halogenated alkanes) is 1. The van der Waals surface area contributed by atoms with Crippen molar-refractivity contribution in [3.8, 4) is 0 Å². The van der Waals surface area contributed by atoms with Gasteiger partial charge in [-0.15, -0.1) is 0 Å². The van der Waals surface area contributed by atoms with Crippen LogP contribution in [-0.4, -0.2) is 28.1 Å². The summed E-state index contributed by atoms with van der Waals surface area (Å²) in [5.74, 6) is -0.420. The van der Waals surface area contributed by atoms with Crippen molar-refractivity contribution in [2.24, 2.45) is 17.3 Å². The number of aliphatic hydroxyl groups excluding tert-OH is 1. The van der Waals surface area contributed by atoms with Gasteiger partial charge in [0.2, 0.25) is 0 Å². The lowest BCUT2D eigenvalue weighted by Crippen LogP contribution is -2.28. The van der Waals surface area contributed by atoms with Crippen LogP contribution >= 0.6 is 0 Å². The first kappa shape index (κ1) is 21.9. The predicted molar refractivity (Wildman–Crippen MR) is 107 cm³/mol. The molecule has 2 aliphatic rings. The molecular formula is C23H36O4. The lowest BCUT2D eigenvalue weighted by Gasteiger charge is -2.41. The van der Waals surface area contributed by atoms with Crippen molar-refractivity contribution in [1.29, 1.82) is 0 Å². The van der Waals surface area contributed by atoms with Crippen molar-refractivity contribution < 1.29 is 19.8 Å². The maximum absolute atomic E-state index is 12.2. The third-order valence-corrected chi connectivity index (χ3v) is 6.51. The van der Waals surface area contributed by atoms with E-state index in [1.54, 1.807) is 0 Å². The van der Waals surface area contributed by atoms with Gasteiger partial charge in [-0.05, 0) is 62.7 Å². The molecule has 0 aromatic carbocycles. The average Bonchev–Trinajstić information content (AvgIpc) is 2.96. The van der Waals surface area contributed by atoms with Crippen LogP contribution in [-0.2, 0) is 9.59 Å². The molecule has 0 aromatic rings. The molecule has 2 rings (SSSR count). The molecule has 0 saturated heterocycles. The highest BCUT2D eigenvalue weighted by Gasteiger charge is 2.35. The van der Waals surface area contributed by atoms with E-state index < -0.39 is 12.1 Å². The fourth-order valence-corrected chi connectivity index (χ4v) is 4.49. The monoisotopic (exact) mass is 376 g/mol. The smallest absolute Gasteiger partial charge is 0.332 e. The number of carboxylic acid groups (broad SMARTS) is 1. The van der Waals surface area contributed by atoms with Crippen molar-refractivity contribution in [1.82, 2.24) is 0 Å². The summed E-state index contributed by atoms with van der Waals surface area (Å²) in [6.45, 7) is 2.26. The van der Waals surface area contributed by atoms with Gasteiger partial charge in [0.05, 0.1) is 0 Å². The van der Waals surface area contributed by atoms with Crippen LogP contribution in [0.1, 0.15) is 84.0 Å². The minimum Gasteiger partial charge on any atom is -0.479 e. The Kier molecular flexibility index (Phi) is 8.75. The number of hydrogen-bond acceptors (Lipinski definition) is 3. The third-order valence-electron chi connectivity index (χ3n) is 6.51. The molecule has 3 atom stereocenters. The molecule has 0 bridgehead atoms. The highest BCUT2D eigenvalue weighted by atomic mass is 16.4. The van der Waals surface area contributed by atoms with E-state index in [4.69, 9.17) is 5.11 Å². The minimum absolute atomic E-state index is 0.0647. The summed E-state index contributed by atoms with van der Waals surface area (Å²) in [7, 11) is 0. The number of carboxylic acids is 1. The second-order valence-electron chi connectivity index (χ2n) is 8.50. The standard InChI is InChI=1S/C23H36O4/c1-2-3-14-23(16-8-17-23)15-7-9-18-12-13-20(24)19(18)10-5-4-6-11-21(25)22(26)27/h4-5,7,9,18-19,21,25H,2-3,6,8,10-17H2,1H3,(H,26,27)/b5-4-,9-7+/t18-,19+,21?/m0/s1. The van der Waals surface area contributed by atoms with Gasteiger partial charge in [-0.1, -0.05) is 50.5 Å². The van der Waals surface area contributed by atoms with Crippen molar-refractivity contribution in [2.75, 3.05) is 0 Å². The van der Waals surface area contributed by atoms with Gasteiger partial charge in [0, 0.05) is 12.3 Å². The number of aliphatic carboxylic acids is 1. The number of Topliss-reactive ketones (excluding diaryl/α,β-unsaturated/α-hetero) is 1. The maximum Gasteiger partial charge on any atom is 0.332 e. The van der Waals surface area contributed by atoms with Crippen molar-refractivity contribution >= 4 is 11.8 Å². The van der Waals surface area contributed by atoms with Gasteiger partial charge in [-0.2, -0.15) is 0 Å². The maximum atomic E-state index is 12.2. The van der Waals surface area contributed by atoms with Crippen LogP contribution in [0.25, 0.3) is 0 Å². The number of aliphatic hydroxyl groups is 1. The first-order chi connectivity index (χ1) is 13.0. The normalized spacial score (nSPS) is 25.9. The van der Waals surface area contributed by atoms with E-state index in [1.165, 1.54) is 38.5 Å². The van der Waals surface area contributed by atoms with Gasteiger partial charge in [0.15, 0.2) is 6.10 Å². The van der Waals surface area contributed by atoms with E-state index in [9.17, 15) is 14.7 Å². The van der Waals surface area contributed by atoms with Gasteiger partial charge in [0.25, 0.3) is 0 Å². The topological polar surface area (TPSA) is 74.6 Å². The highest BCUT2D eigenvalue weighted by molar-refractivity contribution is 5.83. The second-order valence-corrected chi connectivity index (χ2v) is 8.50. The van der Waals surface area contributed by atoms with E-state index in [2.05, 4.69) is 19.1 Å². The van der Waals surface area contributed by atoms with Gasteiger partial charge in [-0.3, -0.25) is 4.79 Å². The summed E-state index contributed by atoms with van der Waals surface area (Å²) in [5, 5.41) is 17.9. The molecule has 2 fully saturated rings. The summed E-state index contributed by atoms with van der Waals surface area (Å²) < 4.78 is 0. The molecule has 1 unspecified atom stereocenters. The molecule has 4 heteroatoms. The minimum atomic E-state index is -1.30. The van der Waals surface area contributed by atoms with Crippen molar-refractivity contribution in [3.05, 3.63) is 24.3 Å². The van der Waals surface area contributed by atoms with Crippen LogP contribution < -0.4 is 0 Å². The van der Waals surface area contributed by atoms with E-state index in [1.807, 2.05) is 12.2 Å². The van der Waals surface area contributed by atoms with Crippen LogP contribution in [0.4, 0.5) is 0 Å². The summed E-state index contributed by atoms with van der Waals surface area (Å²) in [6, 6.07) is 0. The second kappa shape index (κ2) is 10.8. The Bertz CT molecular complexity index is 545. The van der Waals surface area contributed by atoms with E-state index >= 15 is 0 Å². The molecular weight excluding hydrogens is 340 g/mol. The number of rotatable bonds is 12. The molecule has 0 aromatic heterocycles. The fourth-order valence-electron chi connectivity index (χ4n) is 4.49. The first-order valence-electron chi connectivity index (χ1n) is 10.7. The highest BCUT2D eigenvalue weighted by Crippen LogP contribution is 2.48. The van der Waals surface area contributed by atoms with E-state index in [0.29, 0.717) is 30.0 Å². The lowest BCUT2D eigenvalue weighted by atomic mass is 9.64. The zero-order chi connectivity index (χ0) is 19.7. The molecule has 2 saturated carbocycles. The Labute approximate surface area is 163 Å². The van der Waals surface area contributed by atoms with Gasteiger partial charge < -0.3 is 10.2 Å². The number of allylic oxidation sites excluding steroid dienone is 4. The van der Waals surface area contributed by atoms with Crippen LogP contribution in [0.3, 0.4) is 0 Å². The van der Waals surface area contributed by atoms with Crippen molar-refractivity contribution in [3.63, 3.8) is 0 Å². The average molecular weight is 377 g/mol. The quantitative estimate of drug-likeness (QED) is 0.467. The zero-order valence-corrected chi connectivity index (χ0v) is 16.7. The summed E-state index contributed by atoms with van der Waals surface area (Å²) in [4.78, 5) is 22.8. The van der Waals surface area contributed by atoms with Crippen LogP contribution in [0.5, 0.6) is 0 Å². The van der Waals surface area contributed by atoms with E-state index in [-0.39, 0.29) is 12.3 Å². The molecule has 0 amide bonds. The molecule has 152 valence electrons. The van der Waals surface area contributed by atoms with Crippen molar-refractivity contribution in [2.45, 2.75) is 90.1 Å². The summed E-state index contributed by atoms with van der Waals surface area (Å²) in [6.07, 6.45) is 19.5. The van der Waals surface area contributed by atoms with E-state index in [0.717, 1.165) is 19.3 Å². The number of carbonyl (C=O) groups is 2. The zero-order valence-electron chi connectivity index (χ0n) is 16.7.